The lowest BCUT2D eigenvalue weighted by atomic mass is 10.0. The number of hydrogen-bond donors (Lipinski definition) is 3. The molecule has 0 aliphatic rings. The first kappa shape index (κ1) is 23.4. The van der Waals surface area contributed by atoms with Gasteiger partial charge in [-0.1, -0.05) is 63.2 Å². The predicted molar refractivity (Wildman–Crippen MR) is 122 cm³/mol. The summed E-state index contributed by atoms with van der Waals surface area (Å²) in [6.45, 7) is 6.42. The van der Waals surface area contributed by atoms with Crippen LogP contribution >= 0.6 is 0 Å². The Morgan fingerprint density at radius 1 is 0.967 bits per heavy atom. The molecule has 0 bridgehead atoms. The third-order valence-electron chi connectivity index (χ3n) is 5.13. The summed E-state index contributed by atoms with van der Waals surface area (Å²) in [5.41, 5.74) is 3.11. The number of rotatable bonds is 9. The van der Waals surface area contributed by atoms with Gasteiger partial charge in [0.25, 0.3) is 0 Å². The van der Waals surface area contributed by atoms with E-state index < -0.39 is 12.1 Å². The molecule has 0 spiro atoms. The number of likely N-dealkylation sites (N-methyl/N-ethyl adjacent to an activating group) is 1. The summed E-state index contributed by atoms with van der Waals surface area (Å²) in [5.74, 6) is -0.238. The third-order valence-corrected chi connectivity index (χ3v) is 5.13. The fourth-order valence-corrected chi connectivity index (χ4v) is 3.25. The second kappa shape index (κ2) is 11.4. The fourth-order valence-electron chi connectivity index (χ4n) is 3.25. The predicted octanol–water partition coefficient (Wildman–Crippen LogP) is 3.81. The first-order chi connectivity index (χ1) is 14.3. The minimum Gasteiger partial charge on any atom is -0.352 e. The molecule has 2 unspecified atom stereocenters. The number of nitrogens with one attached hydrogen (secondary N) is 3. The van der Waals surface area contributed by atoms with E-state index in [0.29, 0.717) is 12.2 Å². The average molecular weight is 411 g/mol. The van der Waals surface area contributed by atoms with Crippen LogP contribution < -0.4 is 16.0 Å². The molecule has 0 saturated carbocycles. The lowest BCUT2D eigenvalue weighted by Crippen LogP contribution is -2.52. The van der Waals surface area contributed by atoms with Gasteiger partial charge in [0.15, 0.2) is 0 Å². The van der Waals surface area contributed by atoms with Crippen molar-refractivity contribution in [3.05, 3.63) is 65.7 Å². The minimum atomic E-state index is -0.626. The standard InChI is InChI=1S/C24H34N4O2/c1-6-18-12-14-19(15-13-18)21(28(4)5)16-25-23(29)22(17(2)3)27-24(30)26-20-10-8-7-9-11-20/h7-15,17,21-22H,6,16H2,1-5H3,(H,25,29)(H2,26,27,30). The number of anilines is 1. The molecule has 30 heavy (non-hydrogen) atoms. The van der Waals surface area contributed by atoms with E-state index in [0.717, 1.165) is 12.0 Å². The van der Waals surface area contributed by atoms with Crippen LogP contribution in [-0.4, -0.2) is 43.5 Å². The molecule has 2 aromatic rings. The molecule has 162 valence electrons. The average Bonchev–Trinajstić information content (AvgIpc) is 2.72. The number of urea groups is 1. The van der Waals surface area contributed by atoms with Crippen LogP contribution in [0.25, 0.3) is 0 Å². The van der Waals surface area contributed by atoms with E-state index in [9.17, 15) is 9.59 Å². The van der Waals surface area contributed by atoms with Gasteiger partial charge < -0.3 is 20.9 Å². The first-order valence-electron chi connectivity index (χ1n) is 10.5. The number of hydrogen-bond acceptors (Lipinski definition) is 3. The Labute approximate surface area is 180 Å². The molecule has 6 nitrogen and oxygen atoms in total. The summed E-state index contributed by atoms with van der Waals surface area (Å²) in [6, 6.07) is 16.7. The highest BCUT2D eigenvalue weighted by atomic mass is 16.2. The number of aryl methyl sites for hydroxylation is 1. The number of carbonyl (C=O) groups excluding carboxylic acids is 2. The number of nitrogens with zero attached hydrogens (tertiary/aromatic N) is 1. The van der Waals surface area contributed by atoms with Crippen LogP contribution in [0.4, 0.5) is 10.5 Å². The van der Waals surface area contributed by atoms with Crippen molar-refractivity contribution >= 4 is 17.6 Å². The van der Waals surface area contributed by atoms with Gasteiger partial charge in [-0.05, 0) is 49.7 Å². The SMILES string of the molecule is CCc1ccc(C(CNC(=O)C(NC(=O)Nc2ccccc2)C(C)C)N(C)C)cc1. The van der Waals surface area contributed by atoms with Crippen LogP contribution in [-0.2, 0) is 11.2 Å². The lowest BCUT2D eigenvalue weighted by Gasteiger charge is -2.27. The molecular formula is C24H34N4O2. The van der Waals surface area contributed by atoms with E-state index in [4.69, 9.17) is 0 Å². The zero-order valence-electron chi connectivity index (χ0n) is 18.6. The highest BCUT2D eigenvalue weighted by Gasteiger charge is 2.25. The van der Waals surface area contributed by atoms with Crippen LogP contribution in [0.5, 0.6) is 0 Å². The van der Waals surface area contributed by atoms with E-state index in [-0.39, 0.29) is 17.9 Å². The second-order valence-corrected chi connectivity index (χ2v) is 8.01. The molecule has 0 radical (unpaired) electrons. The Morgan fingerprint density at radius 3 is 2.13 bits per heavy atom. The molecular weight excluding hydrogens is 376 g/mol. The third kappa shape index (κ3) is 6.88. The van der Waals surface area contributed by atoms with Crippen LogP contribution in [0.1, 0.15) is 37.9 Å². The molecule has 0 aliphatic heterocycles. The highest BCUT2D eigenvalue weighted by molar-refractivity contribution is 5.93. The van der Waals surface area contributed by atoms with Gasteiger partial charge in [0.1, 0.15) is 6.04 Å². The maximum atomic E-state index is 12.9. The zero-order chi connectivity index (χ0) is 22.1. The van der Waals surface area contributed by atoms with Crippen LogP contribution in [0, 0.1) is 5.92 Å². The molecule has 0 fully saturated rings. The Bertz CT molecular complexity index is 804. The highest BCUT2D eigenvalue weighted by Crippen LogP contribution is 2.18. The van der Waals surface area contributed by atoms with E-state index >= 15 is 0 Å². The van der Waals surface area contributed by atoms with Crippen LogP contribution in [0.2, 0.25) is 0 Å². The van der Waals surface area contributed by atoms with Gasteiger partial charge in [-0.25, -0.2) is 4.79 Å². The van der Waals surface area contributed by atoms with Crippen molar-refractivity contribution in [2.75, 3.05) is 26.0 Å². The summed E-state index contributed by atoms with van der Waals surface area (Å²) in [6.07, 6.45) is 0.996. The molecule has 2 aromatic carbocycles. The monoisotopic (exact) mass is 410 g/mol. The molecule has 0 aliphatic carbocycles. The molecule has 3 N–H and O–H groups in total. The summed E-state index contributed by atoms with van der Waals surface area (Å²) in [4.78, 5) is 27.3. The Morgan fingerprint density at radius 2 is 1.60 bits per heavy atom. The normalized spacial score (nSPS) is 13.0. The van der Waals surface area contributed by atoms with E-state index in [1.165, 1.54) is 5.56 Å². The van der Waals surface area contributed by atoms with Gasteiger partial charge in [0.2, 0.25) is 5.91 Å². The maximum Gasteiger partial charge on any atom is 0.319 e. The largest absolute Gasteiger partial charge is 0.352 e. The first-order valence-corrected chi connectivity index (χ1v) is 10.5. The number of carbonyl (C=O) groups is 2. The number of amides is 3. The van der Waals surface area contributed by atoms with Crippen LogP contribution in [0.3, 0.4) is 0 Å². The minimum absolute atomic E-state index is 0.0470. The fraction of sp³-hybridized carbons (Fsp3) is 0.417. The summed E-state index contributed by atoms with van der Waals surface area (Å²) < 4.78 is 0. The van der Waals surface area contributed by atoms with Gasteiger partial charge in [-0.2, -0.15) is 0 Å². The number of benzene rings is 2. The van der Waals surface area contributed by atoms with Crippen LogP contribution in [0.15, 0.2) is 54.6 Å². The summed E-state index contributed by atoms with van der Waals surface area (Å²) >= 11 is 0. The van der Waals surface area contributed by atoms with Gasteiger partial charge in [0, 0.05) is 12.2 Å². The Balaban J connectivity index is 1.99. The smallest absolute Gasteiger partial charge is 0.319 e. The van der Waals surface area contributed by atoms with E-state index in [2.05, 4.69) is 52.0 Å². The van der Waals surface area contributed by atoms with Gasteiger partial charge >= 0.3 is 6.03 Å². The quantitative estimate of drug-likeness (QED) is 0.588. The van der Waals surface area contributed by atoms with Gasteiger partial charge in [0.05, 0.1) is 6.04 Å². The van der Waals surface area contributed by atoms with Gasteiger partial charge in [-0.15, -0.1) is 0 Å². The van der Waals surface area contributed by atoms with Crippen molar-refractivity contribution in [1.82, 2.24) is 15.5 Å². The van der Waals surface area contributed by atoms with E-state index in [1.807, 2.05) is 46.1 Å². The Kier molecular flexibility index (Phi) is 8.87. The molecule has 6 heteroatoms. The number of para-hydroxylation sites is 1. The van der Waals surface area contributed by atoms with Crippen molar-refractivity contribution < 1.29 is 9.59 Å². The summed E-state index contributed by atoms with van der Waals surface area (Å²) in [5, 5.41) is 8.58. The van der Waals surface area contributed by atoms with Gasteiger partial charge in [-0.3, -0.25) is 4.79 Å². The molecule has 0 aromatic heterocycles. The maximum absolute atomic E-state index is 12.9. The molecule has 0 heterocycles. The lowest BCUT2D eigenvalue weighted by molar-refractivity contribution is -0.124. The van der Waals surface area contributed by atoms with E-state index in [1.54, 1.807) is 12.1 Å². The molecule has 2 atom stereocenters. The topological polar surface area (TPSA) is 73.5 Å². The van der Waals surface area contributed by atoms with Crippen molar-refractivity contribution in [1.29, 1.82) is 0 Å². The van der Waals surface area contributed by atoms with Crippen molar-refractivity contribution in [3.8, 4) is 0 Å². The zero-order valence-corrected chi connectivity index (χ0v) is 18.6. The molecule has 0 saturated heterocycles. The summed E-state index contributed by atoms with van der Waals surface area (Å²) in [7, 11) is 3.99. The molecule has 2 rings (SSSR count). The van der Waals surface area contributed by atoms with Crippen molar-refractivity contribution in [2.45, 2.75) is 39.3 Å². The van der Waals surface area contributed by atoms with Crippen molar-refractivity contribution in [2.24, 2.45) is 5.92 Å². The van der Waals surface area contributed by atoms with Crippen molar-refractivity contribution in [3.63, 3.8) is 0 Å². The molecule has 3 amide bonds. The Hall–Kier alpha value is -2.86. The second-order valence-electron chi connectivity index (χ2n) is 8.01.